The highest BCUT2D eigenvalue weighted by molar-refractivity contribution is 6.00. The first kappa shape index (κ1) is 13.0. The Bertz CT molecular complexity index is 618. The van der Waals surface area contributed by atoms with E-state index < -0.39 is 0 Å². The number of fused-ring (bicyclic) bond motifs is 1. The molecule has 1 unspecified atom stereocenters. The van der Waals surface area contributed by atoms with Crippen LogP contribution in [0.2, 0.25) is 0 Å². The lowest BCUT2D eigenvalue weighted by Crippen LogP contribution is -2.33. The van der Waals surface area contributed by atoms with Gasteiger partial charge in [0.15, 0.2) is 5.78 Å². The predicted molar refractivity (Wildman–Crippen MR) is 81.9 cm³/mol. The average Bonchev–Trinajstić information content (AvgIpc) is 2.85. The summed E-state index contributed by atoms with van der Waals surface area (Å²) in [5.41, 5.74) is 3.00. The summed E-state index contributed by atoms with van der Waals surface area (Å²) in [5.74, 6) is 0.240. The Morgan fingerprint density at radius 2 is 1.81 bits per heavy atom. The number of carbonyl (C=O) groups excluding carboxylic acids is 1. The fraction of sp³-hybridized carbons (Fsp3) is 0.421. The monoisotopic (exact) mass is 280 g/mol. The maximum absolute atomic E-state index is 12.5. The van der Waals surface area contributed by atoms with Crippen LogP contribution in [0.15, 0.2) is 53.6 Å². The summed E-state index contributed by atoms with van der Waals surface area (Å²) in [7, 11) is 0. The van der Waals surface area contributed by atoms with Gasteiger partial charge in [0.05, 0.1) is 5.60 Å². The Morgan fingerprint density at radius 1 is 1.05 bits per heavy atom. The number of ether oxygens (including phenoxy) is 1. The van der Waals surface area contributed by atoms with E-state index in [4.69, 9.17) is 4.74 Å². The van der Waals surface area contributed by atoms with Crippen LogP contribution in [0.1, 0.15) is 50.2 Å². The number of Topliss-reactive ketones (excluding diaryl/α,β-unsaturated/α-hetero) is 1. The summed E-state index contributed by atoms with van der Waals surface area (Å²) < 4.78 is 6.55. The number of allylic oxidation sites excluding steroid dienone is 1. The van der Waals surface area contributed by atoms with Crippen molar-refractivity contribution in [1.82, 2.24) is 0 Å². The zero-order valence-corrected chi connectivity index (χ0v) is 12.2. The highest BCUT2D eigenvalue weighted by Gasteiger charge is 2.49. The first-order chi connectivity index (χ1) is 10.3. The Hall–Kier alpha value is -1.67. The Labute approximate surface area is 125 Å². The van der Waals surface area contributed by atoms with E-state index in [0.29, 0.717) is 6.42 Å². The predicted octanol–water partition coefficient (Wildman–Crippen LogP) is 4.29. The molecule has 3 aliphatic rings. The summed E-state index contributed by atoms with van der Waals surface area (Å²) in [6.07, 6.45) is 10.3. The quantitative estimate of drug-likeness (QED) is 0.767. The van der Waals surface area contributed by atoms with Gasteiger partial charge in [0.25, 0.3) is 0 Å². The van der Waals surface area contributed by atoms with E-state index in [0.717, 1.165) is 24.0 Å². The first-order valence-electron chi connectivity index (χ1n) is 7.97. The molecule has 1 aliphatic heterocycles. The fourth-order valence-electron chi connectivity index (χ4n) is 4.04. The fourth-order valence-corrected chi connectivity index (χ4v) is 4.04. The molecule has 0 amide bonds. The average molecular weight is 280 g/mol. The SMILES string of the molecule is O=C1CC=CC2=C1C(c1ccccc1)OC21CCCCC1. The molecule has 1 fully saturated rings. The third kappa shape index (κ3) is 2.01. The minimum absolute atomic E-state index is 0.170. The van der Waals surface area contributed by atoms with Crippen LogP contribution < -0.4 is 0 Å². The molecule has 0 bridgehead atoms. The maximum Gasteiger partial charge on any atom is 0.165 e. The van der Waals surface area contributed by atoms with Crippen LogP contribution in [-0.4, -0.2) is 11.4 Å². The van der Waals surface area contributed by atoms with Gasteiger partial charge in [0, 0.05) is 12.0 Å². The highest BCUT2D eigenvalue weighted by atomic mass is 16.5. The second kappa shape index (κ2) is 4.96. The lowest BCUT2D eigenvalue weighted by Gasteiger charge is -2.35. The van der Waals surface area contributed by atoms with Crippen LogP contribution in [0.4, 0.5) is 0 Å². The number of carbonyl (C=O) groups is 1. The zero-order chi connectivity index (χ0) is 14.3. The van der Waals surface area contributed by atoms with E-state index in [2.05, 4.69) is 18.2 Å². The minimum atomic E-state index is -0.208. The summed E-state index contributed by atoms with van der Waals surface area (Å²) in [6, 6.07) is 10.2. The third-order valence-electron chi connectivity index (χ3n) is 5.04. The molecule has 1 heterocycles. The van der Waals surface area contributed by atoms with Gasteiger partial charge in [0.2, 0.25) is 0 Å². The molecular formula is C19H20O2. The van der Waals surface area contributed by atoms with Crippen molar-refractivity contribution in [2.45, 2.75) is 50.2 Å². The van der Waals surface area contributed by atoms with Gasteiger partial charge in [-0.15, -0.1) is 0 Å². The Kier molecular flexibility index (Phi) is 3.07. The molecular weight excluding hydrogens is 260 g/mol. The lowest BCUT2D eigenvalue weighted by molar-refractivity contribution is -0.116. The van der Waals surface area contributed by atoms with Crippen molar-refractivity contribution in [3.63, 3.8) is 0 Å². The van der Waals surface area contributed by atoms with Gasteiger partial charge in [-0.05, 0) is 24.0 Å². The van der Waals surface area contributed by atoms with Crippen molar-refractivity contribution in [2.75, 3.05) is 0 Å². The van der Waals surface area contributed by atoms with E-state index in [1.165, 1.54) is 24.8 Å². The van der Waals surface area contributed by atoms with Crippen LogP contribution in [0.5, 0.6) is 0 Å². The van der Waals surface area contributed by atoms with Crippen molar-refractivity contribution in [2.24, 2.45) is 0 Å². The lowest BCUT2D eigenvalue weighted by atomic mass is 9.76. The summed E-state index contributed by atoms with van der Waals surface area (Å²) in [5, 5.41) is 0. The van der Waals surface area contributed by atoms with Gasteiger partial charge in [-0.2, -0.15) is 0 Å². The molecule has 4 rings (SSSR count). The molecule has 0 radical (unpaired) electrons. The van der Waals surface area contributed by atoms with Gasteiger partial charge in [0.1, 0.15) is 6.10 Å². The minimum Gasteiger partial charge on any atom is -0.357 e. The molecule has 2 nitrogen and oxygen atoms in total. The van der Waals surface area contributed by atoms with Crippen LogP contribution in [-0.2, 0) is 9.53 Å². The summed E-state index contributed by atoms with van der Waals surface area (Å²) >= 11 is 0. The molecule has 1 saturated carbocycles. The third-order valence-corrected chi connectivity index (χ3v) is 5.04. The second-order valence-electron chi connectivity index (χ2n) is 6.32. The standard InChI is InChI=1S/C19H20O2/c20-16-11-7-10-15-17(16)18(14-8-3-1-4-9-14)21-19(15)12-5-2-6-13-19/h1,3-4,7-10,18H,2,5-6,11-13H2. The van der Waals surface area contributed by atoms with Crippen LogP contribution in [0, 0.1) is 0 Å². The number of ketones is 1. The normalized spacial score (nSPS) is 27.2. The van der Waals surface area contributed by atoms with Gasteiger partial charge < -0.3 is 4.74 Å². The molecule has 2 heteroatoms. The molecule has 2 aliphatic carbocycles. The van der Waals surface area contributed by atoms with Crippen molar-refractivity contribution in [3.05, 3.63) is 59.2 Å². The van der Waals surface area contributed by atoms with Crippen molar-refractivity contribution in [3.8, 4) is 0 Å². The molecule has 1 aromatic rings. The topological polar surface area (TPSA) is 26.3 Å². The first-order valence-corrected chi connectivity index (χ1v) is 7.97. The maximum atomic E-state index is 12.5. The number of hydrogen-bond acceptors (Lipinski definition) is 2. The van der Waals surface area contributed by atoms with E-state index in [9.17, 15) is 4.79 Å². The van der Waals surface area contributed by atoms with Gasteiger partial charge >= 0.3 is 0 Å². The van der Waals surface area contributed by atoms with E-state index in [1.54, 1.807) is 0 Å². The molecule has 0 saturated heterocycles. The largest absolute Gasteiger partial charge is 0.357 e. The summed E-state index contributed by atoms with van der Waals surface area (Å²) in [6.45, 7) is 0. The van der Waals surface area contributed by atoms with E-state index >= 15 is 0 Å². The number of rotatable bonds is 1. The zero-order valence-electron chi connectivity index (χ0n) is 12.2. The number of hydrogen-bond donors (Lipinski definition) is 0. The molecule has 0 N–H and O–H groups in total. The molecule has 1 aromatic carbocycles. The van der Waals surface area contributed by atoms with Crippen LogP contribution in [0.3, 0.4) is 0 Å². The molecule has 0 aromatic heterocycles. The molecule has 1 atom stereocenters. The number of benzene rings is 1. The van der Waals surface area contributed by atoms with E-state index in [1.807, 2.05) is 24.3 Å². The highest BCUT2D eigenvalue weighted by Crippen LogP contribution is 2.52. The van der Waals surface area contributed by atoms with Gasteiger partial charge in [-0.25, -0.2) is 0 Å². The Balaban J connectivity index is 1.82. The smallest absolute Gasteiger partial charge is 0.165 e. The molecule has 21 heavy (non-hydrogen) atoms. The van der Waals surface area contributed by atoms with Crippen molar-refractivity contribution in [1.29, 1.82) is 0 Å². The Morgan fingerprint density at radius 3 is 2.57 bits per heavy atom. The van der Waals surface area contributed by atoms with E-state index in [-0.39, 0.29) is 17.5 Å². The molecule has 108 valence electrons. The summed E-state index contributed by atoms with van der Waals surface area (Å²) in [4.78, 5) is 12.5. The second-order valence-corrected chi connectivity index (χ2v) is 6.32. The molecule has 1 spiro atoms. The van der Waals surface area contributed by atoms with Gasteiger partial charge in [-0.1, -0.05) is 61.7 Å². The van der Waals surface area contributed by atoms with Crippen LogP contribution in [0.25, 0.3) is 0 Å². The van der Waals surface area contributed by atoms with Crippen LogP contribution >= 0.6 is 0 Å². The van der Waals surface area contributed by atoms with Crippen molar-refractivity contribution >= 4 is 5.78 Å². The van der Waals surface area contributed by atoms with Crippen molar-refractivity contribution < 1.29 is 9.53 Å². The van der Waals surface area contributed by atoms with Gasteiger partial charge in [-0.3, -0.25) is 4.79 Å².